The Bertz CT molecular complexity index is 617. The molecule has 3 rings (SSSR count). The van der Waals surface area contributed by atoms with E-state index in [1.807, 2.05) is 0 Å². The van der Waals surface area contributed by atoms with Gasteiger partial charge in [0.2, 0.25) is 5.78 Å². The minimum absolute atomic E-state index is 0.240. The van der Waals surface area contributed by atoms with Gasteiger partial charge in [-0.05, 0) is 32.0 Å². The van der Waals surface area contributed by atoms with Gasteiger partial charge in [0.25, 0.3) is 0 Å². The van der Waals surface area contributed by atoms with Gasteiger partial charge in [0, 0.05) is 18.1 Å². The number of rotatable bonds is 3. The molecule has 1 saturated heterocycles. The number of pyridine rings is 1. The van der Waals surface area contributed by atoms with Crippen LogP contribution in [-0.4, -0.2) is 38.9 Å². The predicted molar refractivity (Wildman–Crippen MR) is 73.2 cm³/mol. The fourth-order valence-electron chi connectivity index (χ4n) is 2.36. The highest BCUT2D eigenvalue weighted by Crippen LogP contribution is 2.19. The van der Waals surface area contributed by atoms with Crippen molar-refractivity contribution >= 4 is 11.5 Å². The first-order valence-corrected chi connectivity index (χ1v) is 6.62. The Morgan fingerprint density at radius 1 is 1.40 bits per heavy atom. The molecule has 1 fully saturated rings. The van der Waals surface area contributed by atoms with Crippen molar-refractivity contribution in [2.75, 3.05) is 18.8 Å². The van der Waals surface area contributed by atoms with E-state index in [0.29, 0.717) is 23.0 Å². The molecule has 0 spiro atoms. The number of nitrogens with two attached hydrogens (primary N) is 1. The third-order valence-corrected chi connectivity index (χ3v) is 3.53. The Balaban J connectivity index is 1.83. The number of aromatic nitrogens is 4. The molecule has 0 aliphatic carbocycles. The standard InChI is InChI=1S/C13H16N6O/c14-11-3-6-16-7-10(11)13(20)12-8-19(18-17-12)9-1-4-15-5-2-9/h3,6-9,15H,1-2,4-5H2,(H2,14,16). The van der Waals surface area contributed by atoms with Crippen LogP contribution < -0.4 is 11.1 Å². The molecule has 0 saturated carbocycles. The Morgan fingerprint density at radius 3 is 2.95 bits per heavy atom. The largest absolute Gasteiger partial charge is 0.398 e. The Labute approximate surface area is 116 Å². The highest BCUT2D eigenvalue weighted by atomic mass is 16.1. The Morgan fingerprint density at radius 2 is 2.20 bits per heavy atom. The molecule has 0 radical (unpaired) electrons. The molecule has 0 unspecified atom stereocenters. The van der Waals surface area contributed by atoms with E-state index in [9.17, 15) is 4.79 Å². The summed E-state index contributed by atoms with van der Waals surface area (Å²) in [6.45, 7) is 1.92. The van der Waals surface area contributed by atoms with Crippen LogP contribution in [0.2, 0.25) is 0 Å². The van der Waals surface area contributed by atoms with Crippen LogP contribution >= 0.6 is 0 Å². The molecule has 0 bridgehead atoms. The minimum atomic E-state index is -0.240. The third kappa shape index (κ3) is 2.39. The summed E-state index contributed by atoms with van der Waals surface area (Å²) < 4.78 is 1.78. The lowest BCUT2D eigenvalue weighted by Gasteiger charge is -2.22. The second-order valence-corrected chi connectivity index (χ2v) is 4.86. The molecule has 0 atom stereocenters. The van der Waals surface area contributed by atoms with E-state index in [-0.39, 0.29) is 5.78 Å². The van der Waals surface area contributed by atoms with Gasteiger partial charge < -0.3 is 11.1 Å². The SMILES string of the molecule is Nc1ccncc1C(=O)c1cn(C2CCNCC2)nn1. The van der Waals surface area contributed by atoms with E-state index >= 15 is 0 Å². The fourth-order valence-corrected chi connectivity index (χ4v) is 2.36. The fraction of sp³-hybridized carbons (Fsp3) is 0.385. The average molecular weight is 272 g/mol. The summed E-state index contributed by atoms with van der Waals surface area (Å²) in [5.41, 5.74) is 6.86. The predicted octanol–water partition coefficient (Wildman–Crippen LogP) is 0.411. The molecule has 7 heteroatoms. The number of nitrogen functional groups attached to an aromatic ring is 1. The van der Waals surface area contributed by atoms with Gasteiger partial charge in [-0.2, -0.15) is 0 Å². The van der Waals surface area contributed by atoms with Gasteiger partial charge in [0.15, 0.2) is 5.69 Å². The smallest absolute Gasteiger partial charge is 0.218 e. The van der Waals surface area contributed by atoms with Gasteiger partial charge in [-0.15, -0.1) is 5.10 Å². The maximum Gasteiger partial charge on any atom is 0.218 e. The third-order valence-electron chi connectivity index (χ3n) is 3.53. The monoisotopic (exact) mass is 272 g/mol. The summed E-state index contributed by atoms with van der Waals surface area (Å²) in [7, 11) is 0. The second kappa shape index (κ2) is 5.38. The number of anilines is 1. The van der Waals surface area contributed by atoms with Crippen molar-refractivity contribution in [1.82, 2.24) is 25.3 Å². The summed E-state index contributed by atoms with van der Waals surface area (Å²) >= 11 is 0. The molecule has 2 aromatic rings. The molecule has 3 heterocycles. The lowest BCUT2D eigenvalue weighted by molar-refractivity contribution is 0.103. The lowest BCUT2D eigenvalue weighted by Crippen LogP contribution is -2.29. The van der Waals surface area contributed by atoms with Crippen molar-refractivity contribution < 1.29 is 4.79 Å². The second-order valence-electron chi connectivity index (χ2n) is 4.86. The molecular formula is C13H16N6O. The van der Waals surface area contributed by atoms with Gasteiger partial charge in [-0.3, -0.25) is 9.78 Å². The highest BCUT2D eigenvalue weighted by molar-refractivity contribution is 6.10. The minimum Gasteiger partial charge on any atom is -0.398 e. The first-order chi connectivity index (χ1) is 9.75. The molecular weight excluding hydrogens is 256 g/mol. The van der Waals surface area contributed by atoms with Crippen LogP contribution in [0.5, 0.6) is 0 Å². The zero-order valence-corrected chi connectivity index (χ0v) is 11.0. The first-order valence-electron chi connectivity index (χ1n) is 6.62. The quantitative estimate of drug-likeness (QED) is 0.785. The lowest BCUT2D eigenvalue weighted by atomic mass is 10.1. The van der Waals surface area contributed by atoms with Gasteiger partial charge >= 0.3 is 0 Å². The maximum atomic E-state index is 12.3. The molecule has 20 heavy (non-hydrogen) atoms. The first kappa shape index (κ1) is 12.7. The average Bonchev–Trinajstić information content (AvgIpc) is 2.98. The number of hydrogen-bond acceptors (Lipinski definition) is 6. The number of carbonyl (C=O) groups is 1. The number of nitrogens with zero attached hydrogens (tertiary/aromatic N) is 4. The van der Waals surface area contributed by atoms with Crippen LogP contribution in [0.4, 0.5) is 5.69 Å². The van der Waals surface area contributed by atoms with E-state index in [1.165, 1.54) is 6.20 Å². The number of nitrogens with one attached hydrogen (secondary N) is 1. The summed E-state index contributed by atoms with van der Waals surface area (Å²) in [5.74, 6) is -0.240. The Hall–Kier alpha value is -2.28. The molecule has 104 valence electrons. The van der Waals surface area contributed by atoms with Crippen LogP contribution in [0.1, 0.15) is 34.9 Å². The van der Waals surface area contributed by atoms with Crippen molar-refractivity contribution in [3.05, 3.63) is 35.9 Å². The number of carbonyl (C=O) groups excluding carboxylic acids is 1. The zero-order chi connectivity index (χ0) is 13.9. The molecule has 2 aromatic heterocycles. The van der Waals surface area contributed by atoms with E-state index in [1.54, 1.807) is 23.1 Å². The number of hydrogen-bond donors (Lipinski definition) is 2. The molecule has 0 aromatic carbocycles. The van der Waals surface area contributed by atoms with E-state index in [0.717, 1.165) is 25.9 Å². The molecule has 1 aliphatic rings. The van der Waals surface area contributed by atoms with E-state index in [4.69, 9.17) is 5.73 Å². The van der Waals surface area contributed by atoms with Crippen LogP contribution in [0.25, 0.3) is 0 Å². The van der Waals surface area contributed by atoms with E-state index < -0.39 is 0 Å². The summed E-state index contributed by atoms with van der Waals surface area (Å²) in [6.07, 6.45) is 6.70. The normalized spacial score (nSPS) is 16.2. The maximum absolute atomic E-state index is 12.3. The molecule has 7 nitrogen and oxygen atoms in total. The number of ketones is 1. The topological polar surface area (TPSA) is 98.7 Å². The molecule has 3 N–H and O–H groups in total. The zero-order valence-electron chi connectivity index (χ0n) is 11.0. The summed E-state index contributed by atoms with van der Waals surface area (Å²) in [6, 6.07) is 1.90. The van der Waals surface area contributed by atoms with Gasteiger partial charge in [0.05, 0.1) is 17.8 Å². The van der Waals surface area contributed by atoms with Crippen LogP contribution in [-0.2, 0) is 0 Å². The number of piperidine rings is 1. The summed E-state index contributed by atoms with van der Waals surface area (Å²) in [5, 5.41) is 11.3. The van der Waals surface area contributed by atoms with Gasteiger partial charge in [0.1, 0.15) is 0 Å². The van der Waals surface area contributed by atoms with Gasteiger partial charge in [-0.25, -0.2) is 4.68 Å². The van der Waals surface area contributed by atoms with E-state index in [2.05, 4.69) is 20.6 Å². The van der Waals surface area contributed by atoms with Crippen molar-refractivity contribution in [3.63, 3.8) is 0 Å². The highest BCUT2D eigenvalue weighted by Gasteiger charge is 2.20. The van der Waals surface area contributed by atoms with Crippen LogP contribution in [0, 0.1) is 0 Å². The summed E-state index contributed by atoms with van der Waals surface area (Å²) in [4.78, 5) is 16.2. The van der Waals surface area contributed by atoms with Crippen LogP contribution in [0.3, 0.4) is 0 Å². The van der Waals surface area contributed by atoms with Crippen molar-refractivity contribution in [1.29, 1.82) is 0 Å². The van der Waals surface area contributed by atoms with Crippen molar-refractivity contribution in [2.45, 2.75) is 18.9 Å². The molecule has 1 aliphatic heterocycles. The van der Waals surface area contributed by atoms with Crippen molar-refractivity contribution in [2.24, 2.45) is 0 Å². The van der Waals surface area contributed by atoms with Gasteiger partial charge in [-0.1, -0.05) is 5.21 Å². The molecule has 0 amide bonds. The van der Waals surface area contributed by atoms with Crippen molar-refractivity contribution in [3.8, 4) is 0 Å². The van der Waals surface area contributed by atoms with Crippen LogP contribution in [0.15, 0.2) is 24.7 Å². The Kier molecular flexibility index (Phi) is 3.42.